The molecule has 1 aromatic carbocycles. The molecule has 2 aromatic rings. The fourth-order valence-electron chi connectivity index (χ4n) is 5.39. The number of aryl methyl sites for hydroxylation is 2. The molecule has 1 aromatic heterocycles. The summed E-state index contributed by atoms with van der Waals surface area (Å²) in [5, 5.41) is 7.45. The standard InChI is InChI=1S/C27H37N3O3/c1-15(2)9-18-11-21(12-18)27-25(19-6-7-19)26(30-33-27)20(13-23(28)31)14-24(32)29-22-8-5-16(3)10-17(22)4/h5,8,10,15,18-21H,6-7,9,11-14H2,1-4H3,(H2,28,31)(H,29,32)/t18?,20-,21?/m0/s1. The minimum atomic E-state index is -0.425. The Hall–Kier alpha value is -2.63. The van der Waals surface area contributed by atoms with Crippen LogP contribution in [0.15, 0.2) is 22.7 Å². The topological polar surface area (TPSA) is 98.2 Å². The highest BCUT2D eigenvalue weighted by Gasteiger charge is 2.41. The van der Waals surface area contributed by atoms with Gasteiger partial charge in [-0.2, -0.15) is 0 Å². The molecule has 0 aliphatic heterocycles. The average molecular weight is 452 g/mol. The molecule has 4 rings (SSSR count). The Bertz CT molecular complexity index is 1020. The second kappa shape index (κ2) is 9.70. The van der Waals surface area contributed by atoms with E-state index in [2.05, 4.69) is 24.3 Å². The zero-order valence-electron chi connectivity index (χ0n) is 20.3. The molecule has 3 N–H and O–H groups in total. The van der Waals surface area contributed by atoms with Crippen LogP contribution in [0.5, 0.6) is 0 Å². The number of nitrogens with one attached hydrogen (secondary N) is 1. The second-order valence-electron chi connectivity index (χ2n) is 10.7. The third-order valence-corrected chi connectivity index (χ3v) is 7.10. The highest BCUT2D eigenvalue weighted by atomic mass is 16.5. The van der Waals surface area contributed by atoms with E-state index in [4.69, 9.17) is 10.3 Å². The van der Waals surface area contributed by atoms with Crippen molar-refractivity contribution in [1.29, 1.82) is 0 Å². The SMILES string of the molecule is Cc1ccc(NC(=O)C[C@H](CC(N)=O)c2noc(C3CC(CC(C)C)C3)c2C2CC2)c(C)c1. The monoisotopic (exact) mass is 451 g/mol. The predicted octanol–water partition coefficient (Wildman–Crippen LogP) is 5.70. The van der Waals surface area contributed by atoms with Gasteiger partial charge in [-0.05, 0) is 75.3 Å². The smallest absolute Gasteiger partial charge is 0.225 e. The van der Waals surface area contributed by atoms with Crippen LogP contribution in [0.25, 0.3) is 0 Å². The molecular formula is C27H37N3O3. The molecular weight excluding hydrogens is 414 g/mol. The molecule has 2 aliphatic carbocycles. The first kappa shape index (κ1) is 23.5. The van der Waals surface area contributed by atoms with Gasteiger partial charge in [0.1, 0.15) is 5.76 Å². The van der Waals surface area contributed by atoms with Crippen LogP contribution in [0.4, 0.5) is 5.69 Å². The Morgan fingerprint density at radius 2 is 1.88 bits per heavy atom. The number of carbonyl (C=O) groups is 2. The summed E-state index contributed by atoms with van der Waals surface area (Å²) in [4.78, 5) is 24.8. The maximum absolute atomic E-state index is 12.9. The van der Waals surface area contributed by atoms with Gasteiger partial charge in [0.15, 0.2) is 0 Å². The van der Waals surface area contributed by atoms with Gasteiger partial charge in [0.25, 0.3) is 0 Å². The summed E-state index contributed by atoms with van der Waals surface area (Å²) in [7, 11) is 0. The van der Waals surface area contributed by atoms with Gasteiger partial charge < -0.3 is 15.6 Å². The highest BCUT2D eigenvalue weighted by molar-refractivity contribution is 5.92. The number of carbonyl (C=O) groups excluding carboxylic acids is 2. The zero-order valence-corrected chi connectivity index (χ0v) is 20.3. The van der Waals surface area contributed by atoms with Crippen LogP contribution in [0.2, 0.25) is 0 Å². The summed E-state index contributed by atoms with van der Waals surface area (Å²) in [5.41, 5.74) is 10.5. The summed E-state index contributed by atoms with van der Waals surface area (Å²) in [5.74, 6) is 2.36. The predicted molar refractivity (Wildman–Crippen MR) is 129 cm³/mol. The molecule has 2 amide bonds. The zero-order chi connectivity index (χ0) is 23.7. The second-order valence-corrected chi connectivity index (χ2v) is 10.7. The Balaban J connectivity index is 1.52. The van der Waals surface area contributed by atoms with Gasteiger partial charge in [0, 0.05) is 35.9 Å². The molecule has 0 spiro atoms. The normalized spacial score (nSPS) is 21.0. The van der Waals surface area contributed by atoms with Gasteiger partial charge in [0.2, 0.25) is 11.8 Å². The first-order valence-corrected chi connectivity index (χ1v) is 12.4. The largest absolute Gasteiger partial charge is 0.370 e. The Morgan fingerprint density at radius 1 is 1.15 bits per heavy atom. The Kier molecular flexibility index (Phi) is 6.91. The van der Waals surface area contributed by atoms with Crippen molar-refractivity contribution in [3.05, 3.63) is 46.3 Å². The van der Waals surface area contributed by atoms with Crippen LogP contribution in [-0.4, -0.2) is 17.0 Å². The number of hydrogen-bond donors (Lipinski definition) is 2. The van der Waals surface area contributed by atoms with Crippen molar-refractivity contribution in [3.63, 3.8) is 0 Å². The number of aromatic nitrogens is 1. The van der Waals surface area contributed by atoms with Crippen LogP contribution in [-0.2, 0) is 9.59 Å². The molecule has 6 nitrogen and oxygen atoms in total. The summed E-state index contributed by atoms with van der Waals surface area (Å²) in [6.07, 6.45) is 6.00. The number of primary amides is 1. The molecule has 0 saturated heterocycles. The molecule has 6 heteroatoms. The van der Waals surface area contributed by atoms with E-state index in [1.165, 1.54) is 6.42 Å². The minimum absolute atomic E-state index is 0.0899. The summed E-state index contributed by atoms with van der Waals surface area (Å²) in [6.45, 7) is 8.54. The van der Waals surface area contributed by atoms with Crippen molar-refractivity contribution >= 4 is 17.5 Å². The van der Waals surface area contributed by atoms with Crippen LogP contribution in [0.1, 0.15) is 105 Å². The minimum Gasteiger partial charge on any atom is -0.370 e. The van der Waals surface area contributed by atoms with Gasteiger partial charge in [-0.3, -0.25) is 9.59 Å². The van der Waals surface area contributed by atoms with Crippen molar-refractivity contribution in [2.45, 2.75) is 90.4 Å². The fourth-order valence-corrected chi connectivity index (χ4v) is 5.39. The lowest BCUT2D eigenvalue weighted by molar-refractivity contribution is -0.119. The highest BCUT2D eigenvalue weighted by Crippen LogP contribution is 2.52. The molecule has 178 valence electrons. The molecule has 0 radical (unpaired) electrons. The number of nitrogens with zero attached hydrogens (tertiary/aromatic N) is 1. The molecule has 2 fully saturated rings. The fraction of sp³-hybridized carbons (Fsp3) is 0.593. The number of nitrogens with two attached hydrogens (primary N) is 1. The van der Waals surface area contributed by atoms with E-state index < -0.39 is 5.91 Å². The first-order valence-electron chi connectivity index (χ1n) is 12.4. The van der Waals surface area contributed by atoms with Gasteiger partial charge in [-0.25, -0.2) is 0 Å². The van der Waals surface area contributed by atoms with E-state index >= 15 is 0 Å². The maximum atomic E-state index is 12.9. The van der Waals surface area contributed by atoms with Gasteiger partial charge in [0.05, 0.1) is 5.69 Å². The lowest BCUT2D eigenvalue weighted by Gasteiger charge is -2.35. The summed E-state index contributed by atoms with van der Waals surface area (Å²) < 4.78 is 5.92. The number of amides is 2. The van der Waals surface area contributed by atoms with Gasteiger partial charge in [-0.15, -0.1) is 0 Å². The van der Waals surface area contributed by atoms with Crippen molar-refractivity contribution in [3.8, 4) is 0 Å². The third kappa shape index (κ3) is 5.66. The van der Waals surface area contributed by atoms with Crippen LogP contribution in [0, 0.1) is 25.7 Å². The Labute approximate surface area is 196 Å². The van der Waals surface area contributed by atoms with E-state index in [0.717, 1.165) is 65.4 Å². The third-order valence-electron chi connectivity index (χ3n) is 7.10. The van der Waals surface area contributed by atoms with E-state index in [1.54, 1.807) is 0 Å². The molecule has 33 heavy (non-hydrogen) atoms. The van der Waals surface area contributed by atoms with E-state index in [-0.39, 0.29) is 24.7 Å². The number of benzene rings is 1. The quantitative estimate of drug-likeness (QED) is 0.484. The lowest BCUT2D eigenvalue weighted by Crippen LogP contribution is -2.24. The van der Waals surface area contributed by atoms with Crippen LogP contribution in [0.3, 0.4) is 0 Å². The molecule has 0 bridgehead atoms. The summed E-state index contributed by atoms with van der Waals surface area (Å²) >= 11 is 0. The molecule has 1 heterocycles. The van der Waals surface area contributed by atoms with E-state index in [0.29, 0.717) is 17.8 Å². The van der Waals surface area contributed by atoms with E-state index in [9.17, 15) is 9.59 Å². The van der Waals surface area contributed by atoms with Crippen LogP contribution < -0.4 is 11.1 Å². The number of hydrogen-bond acceptors (Lipinski definition) is 4. The van der Waals surface area contributed by atoms with Crippen molar-refractivity contribution in [2.75, 3.05) is 5.32 Å². The average Bonchev–Trinajstić information content (AvgIpc) is 3.44. The Morgan fingerprint density at radius 3 is 2.48 bits per heavy atom. The summed E-state index contributed by atoms with van der Waals surface area (Å²) in [6, 6.07) is 5.93. The molecule has 2 aliphatic rings. The molecule has 0 unspecified atom stereocenters. The van der Waals surface area contributed by atoms with Crippen LogP contribution >= 0.6 is 0 Å². The van der Waals surface area contributed by atoms with Crippen molar-refractivity contribution in [1.82, 2.24) is 5.16 Å². The first-order chi connectivity index (χ1) is 15.7. The maximum Gasteiger partial charge on any atom is 0.225 e. The molecule has 1 atom stereocenters. The molecule has 2 saturated carbocycles. The van der Waals surface area contributed by atoms with Gasteiger partial charge in [-0.1, -0.05) is 36.7 Å². The van der Waals surface area contributed by atoms with Gasteiger partial charge >= 0.3 is 0 Å². The van der Waals surface area contributed by atoms with Crippen molar-refractivity contribution < 1.29 is 14.1 Å². The van der Waals surface area contributed by atoms with E-state index in [1.807, 2.05) is 32.0 Å². The number of anilines is 1. The number of rotatable bonds is 10. The lowest BCUT2D eigenvalue weighted by atomic mass is 9.69. The van der Waals surface area contributed by atoms with Crippen molar-refractivity contribution in [2.24, 2.45) is 17.6 Å².